The average Bonchev–Trinajstić information content (AvgIpc) is 1.56. The van der Waals surface area contributed by atoms with Gasteiger partial charge < -0.3 is 19.3 Å². The van der Waals surface area contributed by atoms with Crippen molar-refractivity contribution in [2.45, 2.75) is 40.0 Å². The van der Waals surface area contributed by atoms with Gasteiger partial charge in [0.1, 0.15) is 28.9 Å². The molecule has 0 spiro atoms. The summed E-state index contributed by atoms with van der Waals surface area (Å²) in [5, 5.41) is 6.11. The number of nitrogens with zero attached hydrogens (tertiary/aromatic N) is 13. The van der Waals surface area contributed by atoms with Crippen molar-refractivity contribution >= 4 is 144 Å². The minimum Gasteiger partial charge on any atom is -0.307 e. The van der Waals surface area contributed by atoms with E-state index in [1.54, 1.807) is 0 Å². The van der Waals surface area contributed by atoms with Gasteiger partial charge in [-0.1, -0.05) is 263 Å². The first-order valence-corrected chi connectivity index (χ1v) is 42.3. The van der Waals surface area contributed by atoms with Crippen LogP contribution in [0.1, 0.15) is 45.1 Å². The molecule has 124 heavy (non-hydrogen) atoms. The normalized spacial score (nSPS) is 12.9. The van der Waals surface area contributed by atoms with Crippen LogP contribution < -0.4 is 14.7 Å². The SMILES string of the molecule is CCc1nc2ccc(-c3nc4ccccc4c4nc5ccccc5n34)c3c2n1-c1ccccc1N3c1ccccc1.CCc1nc2ccc(-n3c4ccccc4c4c5ccccc5ccc43)c3c2n1-c1ccccc1N3c1ccccc1.[2H]c1c([2H])c([2H])c(-c2ccc(-c3ccc(-c4ccc5nc(CC)n6c5c4N(c4ccccc4)c4ccccc4-6)cc3)cc2)c([2H])c1[2H]. The van der Waals surface area contributed by atoms with Crippen LogP contribution in [0, 0.1) is 0 Å². The number of hydrogen-bond acceptors (Lipinski definition) is 8. The number of benzene rings is 17. The fraction of sp³-hybridized carbons (Fsp3) is 0.0541. The first-order valence-electron chi connectivity index (χ1n) is 44.8. The summed E-state index contributed by atoms with van der Waals surface area (Å²) in [6.45, 7) is 6.51. The molecule has 23 aromatic rings. The zero-order valence-electron chi connectivity index (χ0n) is 73.0. The third-order valence-corrected chi connectivity index (χ3v) is 24.7. The molecule has 0 aliphatic carbocycles. The van der Waals surface area contributed by atoms with E-state index in [1.165, 1.54) is 32.6 Å². The number of hydrogen-bond donors (Lipinski definition) is 0. The van der Waals surface area contributed by atoms with Crippen LogP contribution in [-0.4, -0.2) is 47.6 Å². The Morgan fingerprint density at radius 1 is 0.258 bits per heavy atom. The Bertz CT molecular complexity index is 8500. The van der Waals surface area contributed by atoms with Gasteiger partial charge >= 0.3 is 0 Å². The molecule has 0 radical (unpaired) electrons. The molecule has 0 saturated heterocycles. The highest BCUT2D eigenvalue weighted by molar-refractivity contribution is 6.22. The van der Waals surface area contributed by atoms with Crippen molar-refractivity contribution in [2.24, 2.45) is 0 Å². The Balaban J connectivity index is 0.000000108. The smallest absolute Gasteiger partial charge is 0.149 e. The van der Waals surface area contributed by atoms with E-state index >= 15 is 0 Å². The van der Waals surface area contributed by atoms with E-state index in [2.05, 4.69) is 374 Å². The summed E-state index contributed by atoms with van der Waals surface area (Å²) in [5.41, 5.74) is 33.0. The van der Waals surface area contributed by atoms with Crippen LogP contribution >= 0.6 is 0 Å². The molecule has 6 aromatic heterocycles. The van der Waals surface area contributed by atoms with Crippen molar-refractivity contribution in [2.75, 3.05) is 14.7 Å². The van der Waals surface area contributed by atoms with Crippen LogP contribution in [0.4, 0.5) is 51.2 Å². The van der Waals surface area contributed by atoms with Gasteiger partial charge in [-0.2, -0.15) is 0 Å². The molecule has 3 aliphatic rings. The lowest BCUT2D eigenvalue weighted by Gasteiger charge is -2.34. The Morgan fingerprint density at radius 2 is 0.669 bits per heavy atom. The first kappa shape index (κ1) is 66.6. The molecule has 13 nitrogen and oxygen atoms in total. The molecular weight excluding hydrogens is 1520 g/mol. The number of anilines is 9. The summed E-state index contributed by atoms with van der Waals surface area (Å²) >= 11 is 0. The predicted octanol–water partition coefficient (Wildman–Crippen LogP) is 28.4. The van der Waals surface area contributed by atoms with Crippen LogP contribution in [0.3, 0.4) is 0 Å². The maximum absolute atomic E-state index is 8.34. The van der Waals surface area contributed by atoms with Crippen LogP contribution in [-0.2, 0) is 19.3 Å². The number of para-hydroxylation sites is 13. The molecule has 0 atom stereocenters. The summed E-state index contributed by atoms with van der Waals surface area (Å²) in [6.07, 6.45) is 2.49. The van der Waals surface area contributed by atoms with Gasteiger partial charge in [-0.15, -0.1) is 0 Å². The molecule has 3 aliphatic heterocycles. The summed E-state index contributed by atoms with van der Waals surface area (Å²) in [5.74, 6) is 4.01. The number of rotatable bonds is 11. The maximum atomic E-state index is 8.34. The number of aromatic nitrogens is 10. The lowest BCUT2D eigenvalue weighted by molar-refractivity contribution is 0.899. The highest BCUT2D eigenvalue weighted by Crippen LogP contribution is 2.56. The molecule has 0 fully saturated rings. The molecule has 0 unspecified atom stereocenters. The van der Waals surface area contributed by atoms with Crippen molar-refractivity contribution in [3.63, 3.8) is 0 Å². The van der Waals surface area contributed by atoms with Gasteiger partial charge in [-0.25, -0.2) is 24.9 Å². The molecule has 26 rings (SSSR count). The van der Waals surface area contributed by atoms with E-state index in [0.717, 1.165) is 205 Å². The predicted molar refractivity (Wildman–Crippen MR) is 511 cm³/mol. The minimum atomic E-state index is -0.389. The molecule has 0 N–H and O–H groups in total. The van der Waals surface area contributed by atoms with Crippen molar-refractivity contribution in [3.05, 3.63) is 406 Å². The Labute approximate surface area is 722 Å². The second-order valence-corrected chi connectivity index (χ2v) is 31.5. The summed E-state index contributed by atoms with van der Waals surface area (Å²) in [4.78, 5) is 32.9. The van der Waals surface area contributed by atoms with Crippen molar-refractivity contribution < 1.29 is 6.85 Å². The van der Waals surface area contributed by atoms with E-state index in [0.29, 0.717) is 5.56 Å². The van der Waals surface area contributed by atoms with E-state index < -0.39 is 0 Å². The second kappa shape index (κ2) is 29.0. The van der Waals surface area contributed by atoms with Crippen LogP contribution in [0.2, 0.25) is 0 Å². The number of aryl methyl sites for hydroxylation is 3. The third-order valence-electron chi connectivity index (χ3n) is 24.7. The molecule has 9 heterocycles. The monoisotopic (exact) mass is 1600 g/mol. The van der Waals surface area contributed by atoms with Gasteiger partial charge in [-0.3, -0.25) is 18.1 Å². The van der Waals surface area contributed by atoms with Crippen LogP contribution in [0.15, 0.2) is 388 Å². The fourth-order valence-corrected chi connectivity index (χ4v) is 19.4. The first-order chi connectivity index (χ1) is 63.5. The molecule has 0 saturated carbocycles. The van der Waals surface area contributed by atoms with Crippen LogP contribution in [0.25, 0.3) is 161 Å². The molecule has 588 valence electrons. The number of fused-ring (bicyclic) bond motifs is 16. The van der Waals surface area contributed by atoms with E-state index in [9.17, 15) is 0 Å². The van der Waals surface area contributed by atoms with Crippen molar-refractivity contribution in [1.29, 1.82) is 0 Å². The number of imidazole rings is 4. The molecule has 0 bridgehead atoms. The van der Waals surface area contributed by atoms with Gasteiger partial charge in [0.25, 0.3) is 0 Å². The Hall–Kier alpha value is -16.3. The highest BCUT2D eigenvalue weighted by Gasteiger charge is 2.37. The minimum absolute atomic E-state index is 0.200. The van der Waals surface area contributed by atoms with E-state index in [-0.39, 0.29) is 35.8 Å². The van der Waals surface area contributed by atoms with E-state index in [4.69, 9.17) is 31.8 Å². The average molecular weight is 1600 g/mol. The van der Waals surface area contributed by atoms with E-state index in [1.807, 2.05) is 42.5 Å². The molecule has 17 aromatic carbocycles. The second-order valence-electron chi connectivity index (χ2n) is 31.5. The zero-order chi connectivity index (χ0) is 86.6. The maximum Gasteiger partial charge on any atom is 0.149 e. The molecule has 0 amide bonds. The summed E-state index contributed by atoms with van der Waals surface area (Å²) in [6, 6.07) is 124. The highest BCUT2D eigenvalue weighted by atomic mass is 15.3. The largest absolute Gasteiger partial charge is 0.307 e. The Morgan fingerprint density at radius 3 is 1.21 bits per heavy atom. The quantitative estimate of drug-likeness (QED) is 0.126. The summed E-state index contributed by atoms with van der Waals surface area (Å²) < 4.78 is 52.4. The Kier molecular flexibility index (Phi) is 15.6. The van der Waals surface area contributed by atoms with Crippen molar-refractivity contribution in [3.8, 4) is 67.5 Å². The summed E-state index contributed by atoms with van der Waals surface area (Å²) in [7, 11) is 0. The fourth-order valence-electron chi connectivity index (χ4n) is 19.4. The standard InChI is InChI=1S/C39H29N3.C37H26N4.C35H24N6/c1-2-37-40-34-26-25-33(31-23-21-30(22-24-31)29-19-17-28(18-20-29)27-11-5-3-6-12-27)38-39(34)42(37)36-16-10-9-15-35(36)41(38)32-13-7-4-8-14-32;1-2-34-38-28-21-23-33(37-36(28)41(34)31-19-11-10-18-30(31)39(37)25-13-4-3-5-14-25)40-29-17-9-8-16-27(29)35-26-15-7-6-12-24(26)20-22-32(35)40;1-2-31-36-27-21-20-24(32-33(27)40(31)30-19-11-10-18-29(30)39(32)22-12-4-3-5-13-22)35-37-25-15-7-6-14-23(25)34-38-26-16-8-9-17-28(26)41(34)35/h3-26H,2H2,1H3;3-23H,2H2,1H3;3-21H,2H2,1H3/i3D,5D,6D,11D,12D;;. The van der Waals surface area contributed by atoms with Crippen molar-refractivity contribution in [1.82, 2.24) is 47.6 Å². The van der Waals surface area contributed by atoms with Crippen LogP contribution in [0.5, 0.6) is 0 Å². The van der Waals surface area contributed by atoms with Gasteiger partial charge in [0.2, 0.25) is 0 Å². The third kappa shape index (κ3) is 11.1. The topological polar surface area (TPSA) is 98.3 Å². The molecular formula is C111H79N13. The van der Waals surface area contributed by atoms with Gasteiger partial charge in [-0.05, 0) is 184 Å². The molecule has 13 heteroatoms. The van der Waals surface area contributed by atoms with Gasteiger partial charge in [0.05, 0.1) is 124 Å². The lowest BCUT2D eigenvalue weighted by Crippen LogP contribution is -2.20. The lowest BCUT2D eigenvalue weighted by atomic mass is 9.95. The van der Waals surface area contributed by atoms with Gasteiger partial charge in [0, 0.05) is 63.6 Å². The van der Waals surface area contributed by atoms with Gasteiger partial charge in [0.15, 0.2) is 0 Å². The zero-order valence-corrected chi connectivity index (χ0v) is 68.0.